The average Bonchev–Trinajstić information content (AvgIpc) is 2.21. The van der Waals surface area contributed by atoms with Crippen molar-refractivity contribution in [3.05, 3.63) is 28.3 Å². The van der Waals surface area contributed by atoms with Gasteiger partial charge in [-0.1, -0.05) is 0 Å². The number of halogens is 3. The second kappa shape index (κ2) is 6.96. The average molecular weight is 281 g/mol. The molecule has 0 aliphatic rings. The summed E-state index contributed by atoms with van der Waals surface area (Å²) in [5, 5.41) is 8.91. The van der Waals surface area contributed by atoms with Crippen molar-refractivity contribution in [2.75, 3.05) is 6.51 Å². The Balaban J connectivity index is 0.00000289. The second-order valence-corrected chi connectivity index (χ2v) is 3.95. The van der Waals surface area contributed by atoms with Crippen LogP contribution >= 0.6 is 0 Å². The molecule has 0 amide bonds. The summed E-state index contributed by atoms with van der Waals surface area (Å²) in [6.07, 6.45) is 0. The van der Waals surface area contributed by atoms with Crippen molar-refractivity contribution < 1.29 is 69.1 Å². The normalized spacial score (nSPS) is 10.5. The summed E-state index contributed by atoms with van der Waals surface area (Å²) in [4.78, 5) is 0. The molecule has 0 aromatic heterocycles. The van der Waals surface area contributed by atoms with Gasteiger partial charge in [-0.2, -0.15) is 5.26 Å². The number of nitrogens with zero attached hydrogens (tertiary/aromatic N) is 1. The minimum absolute atomic E-state index is 0. The molecule has 0 unspecified atom stereocenters. The summed E-state index contributed by atoms with van der Waals surface area (Å²) in [6.45, 7) is -1.20. The number of nitriles is 1. The number of ether oxygens (including phenoxy) is 1. The first-order valence-corrected chi connectivity index (χ1v) is 5.11. The zero-order valence-corrected chi connectivity index (χ0v) is 14.0. The van der Waals surface area contributed by atoms with Gasteiger partial charge in [0.05, 0.1) is 18.1 Å². The fraction of sp³-hybridized carbons (Fsp3) is 0.364. The Bertz CT molecular complexity index is 483. The fourth-order valence-corrected chi connectivity index (χ4v) is 1.55. The Morgan fingerprint density at radius 2 is 1.78 bits per heavy atom. The molecule has 0 aliphatic carbocycles. The molecule has 1 rings (SSSR count). The summed E-state index contributed by atoms with van der Waals surface area (Å²) in [6, 6.07) is 3.50. The van der Waals surface area contributed by atoms with Crippen molar-refractivity contribution in [3.8, 4) is 11.8 Å². The van der Waals surface area contributed by atoms with Crippen molar-refractivity contribution in [3.63, 3.8) is 0 Å². The van der Waals surface area contributed by atoms with Gasteiger partial charge in [0.25, 0.3) is 0 Å². The third-order valence-corrected chi connectivity index (χ3v) is 2.59. The van der Waals surface area contributed by atoms with Crippen LogP contribution in [0.3, 0.4) is 0 Å². The van der Waals surface area contributed by atoms with Crippen LogP contribution in [0, 0.1) is 32.1 Å². The molecular weight excluding hydrogens is 269 g/mol. The van der Waals surface area contributed by atoms with E-state index in [9.17, 15) is 12.9 Å². The SMILES string of the molecule is Cc1cc(OC[B-](F)(F)F)c(C)c(C)c1C#N.[K+]. The Hall–Kier alpha value is 0.00130. The van der Waals surface area contributed by atoms with E-state index in [0.717, 1.165) is 0 Å². The molecule has 7 heteroatoms. The number of hydrogen-bond donors (Lipinski definition) is 0. The van der Waals surface area contributed by atoms with Crippen LogP contribution in [0.25, 0.3) is 0 Å². The minimum Gasteiger partial charge on any atom is -0.521 e. The predicted molar refractivity (Wildman–Crippen MR) is 59.9 cm³/mol. The number of benzene rings is 1. The topological polar surface area (TPSA) is 33.0 Å². The molecule has 0 saturated carbocycles. The quantitative estimate of drug-likeness (QED) is 0.744. The molecule has 0 aliphatic heterocycles. The van der Waals surface area contributed by atoms with Gasteiger partial charge in [-0.05, 0) is 43.5 Å². The summed E-state index contributed by atoms with van der Waals surface area (Å²) in [5.74, 6) is 0.193. The van der Waals surface area contributed by atoms with E-state index >= 15 is 0 Å². The van der Waals surface area contributed by atoms with E-state index in [2.05, 4.69) is 0 Å². The minimum atomic E-state index is -4.97. The summed E-state index contributed by atoms with van der Waals surface area (Å²) in [5.41, 5.74) is 2.36. The molecule has 18 heavy (non-hydrogen) atoms. The zero-order chi connectivity index (χ0) is 13.2. The molecule has 1 aromatic rings. The Kier molecular flexibility index (Phi) is 6.96. The third-order valence-electron chi connectivity index (χ3n) is 2.59. The monoisotopic (exact) mass is 281 g/mol. The molecule has 0 saturated heterocycles. The first-order valence-electron chi connectivity index (χ1n) is 5.11. The fourth-order valence-electron chi connectivity index (χ4n) is 1.55. The Morgan fingerprint density at radius 3 is 2.22 bits per heavy atom. The number of aryl methyl sites for hydroxylation is 1. The van der Waals surface area contributed by atoms with Crippen LogP contribution in [0.1, 0.15) is 22.3 Å². The zero-order valence-electron chi connectivity index (χ0n) is 10.9. The van der Waals surface area contributed by atoms with Gasteiger partial charge < -0.3 is 17.7 Å². The maximum absolute atomic E-state index is 12.1. The van der Waals surface area contributed by atoms with Gasteiger partial charge in [0, 0.05) is 0 Å². The first kappa shape index (κ1) is 18.0. The van der Waals surface area contributed by atoms with Gasteiger partial charge in [0.15, 0.2) is 0 Å². The molecule has 0 N–H and O–H groups in total. The predicted octanol–water partition coefficient (Wildman–Crippen LogP) is 0.253. The number of hydrogen-bond acceptors (Lipinski definition) is 2. The second-order valence-electron chi connectivity index (χ2n) is 3.95. The van der Waals surface area contributed by atoms with Crippen LogP contribution in [0.5, 0.6) is 5.75 Å². The van der Waals surface area contributed by atoms with Crippen LogP contribution in [0.15, 0.2) is 6.07 Å². The molecule has 0 spiro atoms. The largest absolute Gasteiger partial charge is 1.00 e. The van der Waals surface area contributed by atoms with Crippen LogP contribution in [-0.4, -0.2) is 13.5 Å². The van der Waals surface area contributed by atoms with E-state index in [1.165, 1.54) is 6.07 Å². The van der Waals surface area contributed by atoms with E-state index in [1.807, 2.05) is 6.07 Å². The molecule has 0 fully saturated rings. The molecule has 0 heterocycles. The van der Waals surface area contributed by atoms with Crippen molar-refractivity contribution in [1.29, 1.82) is 5.26 Å². The van der Waals surface area contributed by atoms with Crippen LogP contribution in [0.4, 0.5) is 12.9 Å². The summed E-state index contributed by atoms with van der Waals surface area (Å²) < 4.78 is 41.1. The Labute approximate surface area is 147 Å². The van der Waals surface area contributed by atoms with Crippen molar-refractivity contribution in [1.82, 2.24) is 0 Å². The van der Waals surface area contributed by atoms with Gasteiger partial charge >= 0.3 is 58.4 Å². The van der Waals surface area contributed by atoms with Gasteiger partial charge in [0.1, 0.15) is 5.75 Å². The van der Waals surface area contributed by atoms with Gasteiger partial charge in [-0.3, -0.25) is 0 Å². The summed E-state index contributed by atoms with van der Waals surface area (Å²) >= 11 is 0. The van der Waals surface area contributed by atoms with Gasteiger partial charge in [-0.25, -0.2) is 0 Å². The molecule has 0 atom stereocenters. The maximum atomic E-state index is 12.1. The van der Waals surface area contributed by atoms with E-state index in [0.29, 0.717) is 22.3 Å². The molecule has 0 bridgehead atoms. The van der Waals surface area contributed by atoms with Crippen molar-refractivity contribution >= 4 is 6.98 Å². The van der Waals surface area contributed by atoms with Crippen molar-refractivity contribution in [2.45, 2.75) is 20.8 Å². The van der Waals surface area contributed by atoms with Crippen LogP contribution in [0.2, 0.25) is 0 Å². The molecule has 2 nitrogen and oxygen atoms in total. The van der Waals surface area contributed by atoms with Gasteiger partial charge in [0.2, 0.25) is 0 Å². The van der Waals surface area contributed by atoms with Gasteiger partial charge in [-0.15, -0.1) is 0 Å². The first-order chi connectivity index (χ1) is 7.76. The van der Waals surface area contributed by atoms with E-state index in [1.54, 1.807) is 20.8 Å². The molecule has 1 aromatic carbocycles. The van der Waals surface area contributed by atoms with Crippen LogP contribution < -0.4 is 56.1 Å². The van der Waals surface area contributed by atoms with Crippen LogP contribution in [-0.2, 0) is 0 Å². The van der Waals surface area contributed by atoms with E-state index in [-0.39, 0.29) is 57.1 Å². The standard InChI is InChI=1S/C11H12BF3NO.K/c1-7-4-11(17-6-12(13,14)15)9(3)8(2)10(7)5-16;/h4H,6H2,1-3H3;/q-1;+1. The van der Waals surface area contributed by atoms with E-state index < -0.39 is 13.5 Å². The van der Waals surface area contributed by atoms with Crippen molar-refractivity contribution in [2.24, 2.45) is 0 Å². The maximum Gasteiger partial charge on any atom is 1.00 e. The molecule has 0 radical (unpaired) electrons. The summed E-state index contributed by atoms with van der Waals surface area (Å²) in [7, 11) is 0. The molecular formula is C11H12BF3KNO. The number of rotatable bonds is 3. The van der Waals surface area contributed by atoms with E-state index in [4.69, 9.17) is 10.00 Å². The smallest absolute Gasteiger partial charge is 0.521 e. The molecule has 92 valence electrons. The third kappa shape index (κ3) is 4.59. The Morgan fingerprint density at radius 1 is 1.22 bits per heavy atom.